The zero-order valence-electron chi connectivity index (χ0n) is 9.89. The van der Waals surface area contributed by atoms with Gasteiger partial charge in [-0.3, -0.25) is 0 Å². The molecule has 0 radical (unpaired) electrons. The maximum atomic E-state index is 12.6. The van der Waals surface area contributed by atoms with Gasteiger partial charge in [-0.05, 0) is 17.7 Å². The molecule has 104 valence electrons. The molecule has 0 bridgehead atoms. The molecule has 0 spiro atoms. The molecule has 0 unspecified atom stereocenters. The van der Waals surface area contributed by atoms with Gasteiger partial charge in [-0.25, -0.2) is 19.8 Å². The lowest BCUT2D eigenvalue weighted by Crippen LogP contribution is -2.07. The molecule has 0 amide bonds. The molecule has 1 aromatic heterocycles. The molecule has 8 heteroatoms. The van der Waals surface area contributed by atoms with Crippen LogP contribution in [0.2, 0.25) is 0 Å². The summed E-state index contributed by atoms with van der Waals surface area (Å²) in [5.41, 5.74) is 2.05. The second-order valence-electron chi connectivity index (χ2n) is 3.71. The van der Waals surface area contributed by atoms with Crippen LogP contribution in [-0.2, 0) is 6.18 Å². The first-order valence-corrected chi connectivity index (χ1v) is 5.39. The minimum atomic E-state index is -4.48. The van der Waals surface area contributed by atoms with Crippen molar-refractivity contribution in [1.29, 1.82) is 0 Å². The van der Waals surface area contributed by atoms with Crippen LogP contribution in [0.25, 0.3) is 0 Å². The molecule has 0 aliphatic carbocycles. The van der Waals surface area contributed by atoms with Gasteiger partial charge in [0.15, 0.2) is 0 Å². The van der Waals surface area contributed by atoms with Crippen molar-refractivity contribution in [2.45, 2.75) is 6.18 Å². The number of hydrazone groups is 1. The summed E-state index contributed by atoms with van der Waals surface area (Å²) in [6.07, 6.45) is -1.80. The van der Waals surface area contributed by atoms with E-state index in [-0.39, 0.29) is 11.8 Å². The summed E-state index contributed by atoms with van der Waals surface area (Å²) in [7, 11) is 0. The Morgan fingerprint density at radius 1 is 1.05 bits per heavy atom. The van der Waals surface area contributed by atoms with Crippen molar-refractivity contribution in [3.63, 3.8) is 0 Å². The molecule has 4 nitrogen and oxygen atoms in total. The monoisotopic (exact) mass is 284 g/mol. The minimum absolute atomic E-state index is 0.0728. The normalized spacial score (nSPS) is 11.8. The Balaban J connectivity index is 1.99. The molecule has 2 aromatic rings. The molecule has 20 heavy (non-hydrogen) atoms. The highest BCUT2D eigenvalue weighted by atomic mass is 19.4. The van der Waals surface area contributed by atoms with Gasteiger partial charge >= 0.3 is 6.18 Å². The van der Waals surface area contributed by atoms with Crippen LogP contribution in [-0.4, -0.2) is 16.2 Å². The zero-order chi connectivity index (χ0) is 14.6. The molecular weight excluding hydrogens is 276 g/mol. The Hall–Kier alpha value is -2.51. The third-order valence-corrected chi connectivity index (χ3v) is 2.23. The molecule has 0 aliphatic heterocycles. The van der Waals surface area contributed by atoms with E-state index in [2.05, 4.69) is 20.5 Å². The first-order valence-electron chi connectivity index (χ1n) is 5.39. The van der Waals surface area contributed by atoms with Gasteiger partial charge in [0.1, 0.15) is 5.82 Å². The van der Waals surface area contributed by atoms with Crippen LogP contribution in [0, 0.1) is 5.82 Å². The summed E-state index contributed by atoms with van der Waals surface area (Å²) in [6, 6.07) is 5.51. The van der Waals surface area contributed by atoms with Crippen LogP contribution in [0.15, 0.2) is 41.8 Å². The highest BCUT2D eigenvalue weighted by molar-refractivity contribution is 5.79. The average molecular weight is 284 g/mol. The Labute approximate surface area is 111 Å². The maximum absolute atomic E-state index is 12.6. The summed E-state index contributed by atoms with van der Waals surface area (Å²) in [5.74, 6) is -0.447. The highest BCUT2D eigenvalue weighted by Crippen LogP contribution is 2.27. The first kappa shape index (κ1) is 13.9. The van der Waals surface area contributed by atoms with Crippen molar-refractivity contribution < 1.29 is 17.6 Å². The van der Waals surface area contributed by atoms with Crippen LogP contribution in [0.5, 0.6) is 0 Å². The van der Waals surface area contributed by atoms with Crippen molar-refractivity contribution in [1.82, 2.24) is 9.97 Å². The van der Waals surface area contributed by atoms with E-state index in [4.69, 9.17) is 0 Å². The lowest BCUT2D eigenvalue weighted by molar-refractivity contribution is -0.138. The molecule has 0 saturated heterocycles. The van der Waals surface area contributed by atoms with E-state index in [1.54, 1.807) is 0 Å². The van der Waals surface area contributed by atoms with E-state index in [1.807, 2.05) is 0 Å². The number of benzene rings is 1. The van der Waals surface area contributed by atoms with Crippen molar-refractivity contribution in [3.8, 4) is 0 Å². The number of nitrogens with zero attached hydrogens (tertiary/aromatic N) is 3. The Morgan fingerprint density at radius 3 is 2.20 bits per heavy atom. The number of alkyl halides is 3. The third kappa shape index (κ3) is 3.74. The molecule has 0 fully saturated rings. The molecule has 0 saturated carbocycles. The lowest BCUT2D eigenvalue weighted by atomic mass is 10.2. The molecule has 1 heterocycles. The van der Waals surface area contributed by atoms with Gasteiger partial charge < -0.3 is 0 Å². The van der Waals surface area contributed by atoms with Crippen LogP contribution in [0.4, 0.5) is 23.5 Å². The number of halogens is 4. The van der Waals surface area contributed by atoms with Gasteiger partial charge in [0.25, 0.3) is 0 Å². The molecule has 1 aromatic carbocycles. The summed E-state index contributed by atoms with van der Waals surface area (Å²) in [6.45, 7) is 0. The van der Waals surface area contributed by atoms with E-state index in [0.717, 1.165) is 0 Å². The number of anilines is 1. The average Bonchev–Trinajstić information content (AvgIpc) is 2.41. The topological polar surface area (TPSA) is 50.2 Å². The van der Waals surface area contributed by atoms with Crippen LogP contribution in [0.3, 0.4) is 0 Å². The zero-order valence-corrected chi connectivity index (χ0v) is 9.89. The van der Waals surface area contributed by atoms with Gasteiger partial charge in [0.05, 0.1) is 11.8 Å². The molecule has 1 N–H and O–H groups in total. The van der Waals surface area contributed by atoms with Gasteiger partial charge in [-0.15, -0.1) is 0 Å². The number of hydrogen-bond donors (Lipinski definition) is 1. The van der Waals surface area contributed by atoms with E-state index in [1.165, 1.54) is 30.5 Å². The second-order valence-corrected chi connectivity index (χ2v) is 3.71. The first-order chi connectivity index (χ1) is 9.45. The number of aromatic nitrogens is 2. The molecule has 0 aliphatic rings. The standard InChI is InChI=1S/C12H8F4N4/c13-10-3-1-8(2-4-10)5-19-20-11-17-6-9(7-18-11)12(14,15)16/h1-7H,(H,17,18,20)/b19-5+. The molecular formula is C12H8F4N4. The van der Waals surface area contributed by atoms with Gasteiger partial charge in [-0.1, -0.05) is 12.1 Å². The van der Waals surface area contributed by atoms with Crippen LogP contribution in [0.1, 0.15) is 11.1 Å². The van der Waals surface area contributed by atoms with Gasteiger partial charge in [-0.2, -0.15) is 18.3 Å². The van der Waals surface area contributed by atoms with E-state index in [9.17, 15) is 17.6 Å². The van der Waals surface area contributed by atoms with Crippen molar-refractivity contribution in [2.75, 3.05) is 5.43 Å². The maximum Gasteiger partial charge on any atom is 0.419 e. The van der Waals surface area contributed by atoms with Crippen LogP contribution >= 0.6 is 0 Å². The quantitative estimate of drug-likeness (QED) is 0.535. The second kappa shape index (κ2) is 5.64. The largest absolute Gasteiger partial charge is 0.419 e. The minimum Gasteiger partial charge on any atom is -0.245 e. The van der Waals surface area contributed by atoms with E-state index >= 15 is 0 Å². The highest BCUT2D eigenvalue weighted by Gasteiger charge is 2.31. The van der Waals surface area contributed by atoms with Crippen molar-refractivity contribution in [2.24, 2.45) is 5.10 Å². The summed E-state index contributed by atoms with van der Waals surface area (Å²) < 4.78 is 49.4. The smallest absolute Gasteiger partial charge is 0.245 e. The Kier molecular flexibility index (Phi) is 3.92. The Morgan fingerprint density at radius 2 is 1.65 bits per heavy atom. The van der Waals surface area contributed by atoms with Gasteiger partial charge in [0.2, 0.25) is 5.95 Å². The summed E-state index contributed by atoms with van der Waals surface area (Å²) >= 11 is 0. The van der Waals surface area contributed by atoms with E-state index in [0.29, 0.717) is 18.0 Å². The van der Waals surface area contributed by atoms with Crippen molar-refractivity contribution >= 4 is 12.2 Å². The predicted octanol–water partition coefficient (Wildman–Crippen LogP) is 3.08. The number of hydrogen-bond acceptors (Lipinski definition) is 4. The number of nitrogens with one attached hydrogen (secondary N) is 1. The third-order valence-electron chi connectivity index (χ3n) is 2.23. The van der Waals surface area contributed by atoms with Crippen molar-refractivity contribution in [3.05, 3.63) is 53.6 Å². The fraction of sp³-hybridized carbons (Fsp3) is 0.0833. The number of rotatable bonds is 3. The lowest BCUT2D eigenvalue weighted by Gasteiger charge is -2.05. The fourth-order valence-electron chi connectivity index (χ4n) is 1.25. The Bertz CT molecular complexity index is 590. The molecule has 2 rings (SSSR count). The van der Waals surface area contributed by atoms with Gasteiger partial charge in [0, 0.05) is 12.4 Å². The SMILES string of the molecule is Fc1ccc(/C=N/Nc2ncc(C(F)(F)F)cn2)cc1. The predicted molar refractivity (Wildman–Crippen MR) is 64.7 cm³/mol. The fourth-order valence-corrected chi connectivity index (χ4v) is 1.25. The molecule has 0 atom stereocenters. The van der Waals surface area contributed by atoms with E-state index < -0.39 is 11.7 Å². The van der Waals surface area contributed by atoms with Crippen LogP contribution < -0.4 is 5.43 Å². The summed E-state index contributed by atoms with van der Waals surface area (Å²) in [5, 5.41) is 3.73. The summed E-state index contributed by atoms with van der Waals surface area (Å²) in [4.78, 5) is 6.95.